The first kappa shape index (κ1) is 14.3. The molecule has 2 aromatic carbocycles. The molecule has 1 saturated carbocycles. The quantitative estimate of drug-likeness (QED) is 0.901. The Bertz CT molecular complexity index is 752. The van der Waals surface area contributed by atoms with E-state index in [-0.39, 0.29) is 5.92 Å². The van der Waals surface area contributed by atoms with Crippen LogP contribution in [0.1, 0.15) is 36.8 Å². The zero-order valence-corrected chi connectivity index (χ0v) is 13.0. The van der Waals surface area contributed by atoms with Gasteiger partial charge in [0.15, 0.2) is 0 Å². The van der Waals surface area contributed by atoms with E-state index in [1.807, 2.05) is 48.5 Å². The van der Waals surface area contributed by atoms with E-state index in [0.717, 1.165) is 48.2 Å². The van der Waals surface area contributed by atoms with Crippen LogP contribution in [-0.4, -0.2) is 22.1 Å². The van der Waals surface area contributed by atoms with Crippen molar-refractivity contribution in [2.45, 2.75) is 31.3 Å². The van der Waals surface area contributed by atoms with Gasteiger partial charge in [0.05, 0.1) is 5.71 Å². The average molecular weight is 304 g/mol. The smallest absolute Gasteiger partial charge is 0.117 e. The van der Waals surface area contributed by atoms with Gasteiger partial charge in [0.1, 0.15) is 11.3 Å². The van der Waals surface area contributed by atoms with Crippen LogP contribution in [0.2, 0.25) is 0 Å². The molecule has 0 bridgehead atoms. The van der Waals surface area contributed by atoms with E-state index >= 15 is 0 Å². The Morgan fingerprint density at radius 2 is 1.48 bits per heavy atom. The molecule has 0 spiro atoms. The summed E-state index contributed by atoms with van der Waals surface area (Å²) < 4.78 is 0. The molecule has 0 radical (unpaired) electrons. The van der Waals surface area contributed by atoms with Gasteiger partial charge in [-0.1, -0.05) is 73.5 Å². The third-order valence-electron chi connectivity index (χ3n) is 4.99. The van der Waals surface area contributed by atoms with E-state index in [0.29, 0.717) is 0 Å². The van der Waals surface area contributed by atoms with Crippen LogP contribution in [0.3, 0.4) is 0 Å². The highest BCUT2D eigenvalue weighted by molar-refractivity contribution is 6.15. The van der Waals surface area contributed by atoms with Crippen molar-refractivity contribution < 1.29 is 5.11 Å². The number of fused-ring (bicyclic) bond motifs is 1. The summed E-state index contributed by atoms with van der Waals surface area (Å²) >= 11 is 0. The molecular formula is C20H20N2O. The molecule has 2 aliphatic rings. The zero-order valence-electron chi connectivity index (χ0n) is 13.0. The lowest BCUT2D eigenvalue weighted by molar-refractivity contribution is 0.0414. The second-order valence-corrected chi connectivity index (χ2v) is 6.39. The Morgan fingerprint density at radius 3 is 2.17 bits per heavy atom. The van der Waals surface area contributed by atoms with E-state index in [2.05, 4.69) is 22.3 Å². The molecule has 2 aromatic rings. The van der Waals surface area contributed by atoms with Crippen molar-refractivity contribution in [1.29, 1.82) is 0 Å². The molecular weight excluding hydrogens is 284 g/mol. The molecule has 1 aliphatic heterocycles. The number of aliphatic hydroxyl groups is 1. The first-order valence-corrected chi connectivity index (χ1v) is 8.28. The maximum absolute atomic E-state index is 11.5. The summed E-state index contributed by atoms with van der Waals surface area (Å²) in [7, 11) is 0. The second kappa shape index (κ2) is 5.74. The van der Waals surface area contributed by atoms with Crippen LogP contribution in [0.25, 0.3) is 0 Å². The standard InChI is InChI=1S/C20H20N2O/c23-20-14-8-7-13-17(20)18(15-9-3-1-4-10-15)21-22-19(20)16-11-5-2-6-12-16/h1-6,9-12,17,23H,7-8,13-14H2/t17-,20+/m0/s1. The summed E-state index contributed by atoms with van der Waals surface area (Å²) in [5.41, 5.74) is 2.77. The van der Waals surface area contributed by atoms with Crippen molar-refractivity contribution in [3.8, 4) is 0 Å². The summed E-state index contributed by atoms with van der Waals surface area (Å²) in [4.78, 5) is 0. The maximum atomic E-state index is 11.5. The van der Waals surface area contributed by atoms with Gasteiger partial charge in [-0.05, 0) is 18.4 Å². The fourth-order valence-corrected chi connectivity index (χ4v) is 3.83. The van der Waals surface area contributed by atoms with Gasteiger partial charge in [0.25, 0.3) is 0 Å². The van der Waals surface area contributed by atoms with E-state index in [1.54, 1.807) is 0 Å². The molecule has 0 unspecified atom stereocenters. The Hall–Kier alpha value is -2.26. The minimum Gasteiger partial charge on any atom is -0.383 e. The second-order valence-electron chi connectivity index (χ2n) is 6.39. The van der Waals surface area contributed by atoms with Gasteiger partial charge in [-0.2, -0.15) is 10.2 Å². The van der Waals surface area contributed by atoms with Crippen molar-refractivity contribution in [3.63, 3.8) is 0 Å². The average Bonchev–Trinajstić information content (AvgIpc) is 2.62. The Morgan fingerprint density at radius 1 is 0.826 bits per heavy atom. The number of benzene rings is 2. The van der Waals surface area contributed by atoms with Crippen LogP contribution in [0.5, 0.6) is 0 Å². The summed E-state index contributed by atoms with van der Waals surface area (Å²) in [5.74, 6) is 0.0198. The largest absolute Gasteiger partial charge is 0.383 e. The van der Waals surface area contributed by atoms with E-state index in [4.69, 9.17) is 0 Å². The van der Waals surface area contributed by atoms with Crippen LogP contribution in [0.4, 0.5) is 0 Å². The number of hydrogen-bond donors (Lipinski definition) is 1. The van der Waals surface area contributed by atoms with E-state index in [1.165, 1.54) is 0 Å². The lowest BCUT2D eigenvalue weighted by atomic mass is 9.67. The van der Waals surface area contributed by atoms with Gasteiger partial charge in [0.2, 0.25) is 0 Å². The monoisotopic (exact) mass is 304 g/mol. The normalized spacial score (nSPS) is 26.9. The summed E-state index contributed by atoms with van der Waals surface area (Å²) in [6.07, 6.45) is 3.86. The van der Waals surface area contributed by atoms with Crippen molar-refractivity contribution >= 4 is 11.4 Å². The van der Waals surface area contributed by atoms with Crippen LogP contribution < -0.4 is 0 Å². The lowest BCUT2D eigenvalue weighted by Gasteiger charge is -2.42. The lowest BCUT2D eigenvalue weighted by Crippen LogP contribution is -2.53. The van der Waals surface area contributed by atoms with Gasteiger partial charge in [0, 0.05) is 11.5 Å². The number of hydrogen-bond acceptors (Lipinski definition) is 3. The number of nitrogens with zero attached hydrogens (tertiary/aromatic N) is 2. The molecule has 4 rings (SSSR count). The summed E-state index contributed by atoms with van der Waals surface area (Å²) in [5, 5.41) is 20.5. The highest BCUT2D eigenvalue weighted by Gasteiger charge is 2.48. The predicted octanol–water partition coefficient (Wildman–Crippen LogP) is 3.81. The summed E-state index contributed by atoms with van der Waals surface area (Å²) in [6.45, 7) is 0. The molecule has 1 N–H and O–H groups in total. The van der Waals surface area contributed by atoms with Crippen LogP contribution in [0.15, 0.2) is 70.9 Å². The van der Waals surface area contributed by atoms with Gasteiger partial charge < -0.3 is 5.11 Å². The molecule has 1 fully saturated rings. The molecule has 0 amide bonds. The van der Waals surface area contributed by atoms with E-state index in [9.17, 15) is 5.11 Å². The fraction of sp³-hybridized carbons (Fsp3) is 0.300. The van der Waals surface area contributed by atoms with Gasteiger partial charge in [-0.25, -0.2) is 0 Å². The number of rotatable bonds is 2. The fourth-order valence-electron chi connectivity index (χ4n) is 3.83. The zero-order chi connectivity index (χ0) is 15.7. The molecule has 116 valence electrons. The molecule has 1 heterocycles. The van der Waals surface area contributed by atoms with Crippen molar-refractivity contribution in [2.24, 2.45) is 16.1 Å². The van der Waals surface area contributed by atoms with Crippen molar-refractivity contribution in [2.75, 3.05) is 0 Å². The minimum absolute atomic E-state index is 0.0198. The third-order valence-corrected chi connectivity index (χ3v) is 4.99. The van der Waals surface area contributed by atoms with Crippen LogP contribution in [-0.2, 0) is 0 Å². The van der Waals surface area contributed by atoms with Gasteiger partial charge in [-0.3, -0.25) is 0 Å². The molecule has 0 saturated heterocycles. The molecule has 2 atom stereocenters. The van der Waals surface area contributed by atoms with Gasteiger partial charge in [-0.15, -0.1) is 0 Å². The van der Waals surface area contributed by atoms with Crippen molar-refractivity contribution in [1.82, 2.24) is 0 Å². The molecule has 0 aromatic heterocycles. The molecule has 23 heavy (non-hydrogen) atoms. The topological polar surface area (TPSA) is 45.0 Å². The van der Waals surface area contributed by atoms with Crippen LogP contribution in [0, 0.1) is 5.92 Å². The highest BCUT2D eigenvalue weighted by Crippen LogP contribution is 2.41. The SMILES string of the molecule is O[C@]12CCCC[C@H]1C(c1ccccc1)=NN=C2c1ccccc1. The molecule has 3 heteroatoms. The Balaban J connectivity index is 1.84. The van der Waals surface area contributed by atoms with Crippen LogP contribution >= 0.6 is 0 Å². The first-order chi connectivity index (χ1) is 11.3. The Kier molecular flexibility index (Phi) is 3.58. The van der Waals surface area contributed by atoms with E-state index < -0.39 is 5.60 Å². The first-order valence-electron chi connectivity index (χ1n) is 8.28. The van der Waals surface area contributed by atoms with Crippen molar-refractivity contribution in [3.05, 3.63) is 71.8 Å². The summed E-state index contributed by atoms with van der Waals surface area (Å²) in [6, 6.07) is 20.1. The predicted molar refractivity (Wildman–Crippen MR) is 92.9 cm³/mol. The third kappa shape index (κ3) is 2.41. The molecule has 3 nitrogen and oxygen atoms in total. The Labute approximate surface area is 136 Å². The minimum atomic E-state index is -0.910. The molecule has 1 aliphatic carbocycles. The maximum Gasteiger partial charge on any atom is 0.117 e. The highest BCUT2D eigenvalue weighted by atomic mass is 16.3. The van der Waals surface area contributed by atoms with Gasteiger partial charge >= 0.3 is 0 Å².